The van der Waals surface area contributed by atoms with Crippen molar-refractivity contribution in [3.8, 4) is 17.2 Å². The third-order valence-corrected chi connectivity index (χ3v) is 3.16. The molecule has 0 atom stereocenters. The van der Waals surface area contributed by atoms with E-state index >= 15 is 0 Å². The van der Waals surface area contributed by atoms with Crippen molar-refractivity contribution in [3.63, 3.8) is 0 Å². The highest BCUT2D eigenvalue weighted by Gasteiger charge is 2.03. The van der Waals surface area contributed by atoms with E-state index in [1.54, 1.807) is 0 Å². The van der Waals surface area contributed by atoms with Crippen molar-refractivity contribution in [1.29, 1.82) is 0 Å². The number of ether oxygens (including phenoxy) is 2. The minimum Gasteiger partial charge on any atom is -0.494 e. The molecule has 2 rings (SSSR count). The maximum Gasteiger partial charge on any atom is 0.140 e. The van der Waals surface area contributed by atoms with Gasteiger partial charge in [0, 0.05) is 5.69 Å². The Hall–Kier alpha value is -1.43. The highest BCUT2D eigenvalue weighted by Crippen LogP contribution is 2.29. The fourth-order valence-corrected chi connectivity index (χ4v) is 2.15. The van der Waals surface area contributed by atoms with Gasteiger partial charge in [0.15, 0.2) is 0 Å². The number of hydrogen-bond acceptors (Lipinski definition) is 3. The summed E-state index contributed by atoms with van der Waals surface area (Å²) in [5.41, 5.74) is 6.43. The van der Waals surface area contributed by atoms with Crippen LogP contribution >= 0.6 is 22.6 Å². The maximum absolute atomic E-state index is 5.78. The van der Waals surface area contributed by atoms with E-state index in [0.717, 1.165) is 26.5 Å². The van der Waals surface area contributed by atoms with E-state index in [0.29, 0.717) is 6.61 Å². The van der Waals surface area contributed by atoms with Crippen LogP contribution in [0.2, 0.25) is 0 Å². The molecule has 0 amide bonds. The Morgan fingerprint density at radius 1 is 1.06 bits per heavy atom. The first-order valence-corrected chi connectivity index (χ1v) is 6.72. The van der Waals surface area contributed by atoms with Gasteiger partial charge in [0.2, 0.25) is 0 Å². The molecule has 0 bridgehead atoms. The van der Waals surface area contributed by atoms with Gasteiger partial charge in [0.05, 0.1) is 10.2 Å². The monoisotopic (exact) mass is 355 g/mol. The first kappa shape index (κ1) is 13.0. The second kappa shape index (κ2) is 5.95. The number of hydrogen-bond donors (Lipinski definition) is 1. The normalized spacial score (nSPS) is 10.1. The standard InChI is InChI=1S/C14H14INO2/c1-2-17-11-4-6-12(7-5-11)18-14-8-3-10(16)9-13(14)15/h3-9H,2,16H2,1H3. The summed E-state index contributed by atoms with van der Waals surface area (Å²) in [6.07, 6.45) is 0. The lowest BCUT2D eigenvalue weighted by Gasteiger charge is -2.09. The van der Waals surface area contributed by atoms with Crippen LogP contribution in [0, 0.1) is 3.57 Å². The molecule has 0 unspecified atom stereocenters. The number of benzene rings is 2. The van der Waals surface area contributed by atoms with Gasteiger partial charge in [0.25, 0.3) is 0 Å². The van der Waals surface area contributed by atoms with Gasteiger partial charge in [-0.3, -0.25) is 0 Å². The van der Waals surface area contributed by atoms with Crippen LogP contribution in [0.15, 0.2) is 42.5 Å². The van der Waals surface area contributed by atoms with Crippen LogP contribution in [0.3, 0.4) is 0 Å². The van der Waals surface area contributed by atoms with E-state index in [2.05, 4.69) is 22.6 Å². The molecule has 0 heterocycles. The molecule has 0 radical (unpaired) electrons. The molecule has 18 heavy (non-hydrogen) atoms. The Bertz CT molecular complexity index is 526. The van der Waals surface area contributed by atoms with E-state index in [-0.39, 0.29) is 0 Å². The predicted octanol–water partition coefficient (Wildman–Crippen LogP) is 4.06. The fraction of sp³-hybridized carbons (Fsp3) is 0.143. The van der Waals surface area contributed by atoms with Crippen molar-refractivity contribution in [3.05, 3.63) is 46.0 Å². The smallest absolute Gasteiger partial charge is 0.140 e. The van der Waals surface area contributed by atoms with Gasteiger partial charge >= 0.3 is 0 Å². The number of halogens is 1. The summed E-state index contributed by atoms with van der Waals surface area (Å²) in [7, 11) is 0. The molecule has 0 aliphatic heterocycles. The summed E-state index contributed by atoms with van der Waals surface area (Å²) in [5, 5.41) is 0. The molecule has 0 saturated carbocycles. The van der Waals surface area contributed by atoms with Crippen molar-refractivity contribution in [1.82, 2.24) is 0 Å². The lowest BCUT2D eigenvalue weighted by atomic mass is 10.3. The Morgan fingerprint density at radius 2 is 1.72 bits per heavy atom. The number of nitrogen functional groups attached to an aromatic ring is 1. The van der Waals surface area contributed by atoms with Crippen molar-refractivity contribution in [2.45, 2.75) is 6.92 Å². The van der Waals surface area contributed by atoms with E-state index in [1.165, 1.54) is 0 Å². The van der Waals surface area contributed by atoms with Crippen molar-refractivity contribution in [2.24, 2.45) is 0 Å². The SMILES string of the molecule is CCOc1ccc(Oc2ccc(N)cc2I)cc1. The first-order valence-electron chi connectivity index (χ1n) is 5.65. The van der Waals surface area contributed by atoms with Crippen LogP contribution in [0.5, 0.6) is 17.2 Å². The number of rotatable bonds is 4. The molecule has 94 valence electrons. The molecular formula is C14H14INO2. The van der Waals surface area contributed by atoms with Gasteiger partial charge < -0.3 is 15.2 Å². The summed E-state index contributed by atoms with van der Waals surface area (Å²) < 4.78 is 12.1. The summed E-state index contributed by atoms with van der Waals surface area (Å²) in [6, 6.07) is 13.1. The molecule has 3 nitrogen and oxygen atoms in total. The molecule has 0 saturated heterocycles. The molecule has 0 aliphatic carbocycles. The number of nitrogens with two attached hydrogens (primary N) is 1. The third kappa shape index (κ3) is 3.29. The lowest BCUT2D eigenvalue weighted by Crippen LogP contribution is -1.92. The second-order valence-corrected chi connectivity index (χ2v) is 4.86. The van der Waals surface area contributed by atoms with Gasteiger partial charge in [-0.05, 0) is 72.0 Å². The molecule has 0 aliphatic rings. The van der Waals surface area contributed by atoms with E-state index < -0.39 is 0 Å². The largest absolute Gasteiger partial charge is 0.494 e. The number of anilines is 1. The third-order valence-electron chi connectivity index (χ3n) is 2.32. The minimum absolute atomic E-state index is 0.663. The second-order valence-electron chi connectivity index (χ2n) is 3.70. The van der Waals surface area contributed by atoms with E-state index in [4.69, 9.17) is 15.2 Å². The zero-order chi connectivity index (χ0) is 13.0. The van der Waals surface area contributed by atoms with Crippen LogP contribution in [-0.4, -0.2) is 6.61 Å². The Balaban J connectivity index is 2.13. The highest BCUT2D eigenvalue weighted by molar-refractivity contribution is 14.1. The van der Waals surface area contributed by atoms with Crippen LogP contribution in [-0.2, 0) is 0 Å². The molecule has 0 aromatic heterocycles. The average molecular weight is 355 g/mol. The zero-order valence-corrected chi connectivity index (χ0v) is 12.2. The van der Waals surface area contributed by atoms with Gasteiger partial charge in [-0.15, -0.1) is 0 Å². The molecule has 4 heteroatoms. The quantitative estimate of drug-likeness (QED) is 0.664. The van der Waals surface area contributed by atoms with Crippen LogP contribution in [0.25, 0.3) is 0 Å². The van der Waals surface area contributed by atoms with Gasteiger partial charge in [-0.2, -0.15) is 0 Å². The van der Waals surface area contributed by atoms with Crippen LogP contribution in [0.4, 0.5) is 5.69 Å². The summed E-state index contributed by atoms with van der Waals surface area (Å²) in [4.78, 5) is 0. The maximum atomic E-state index is 5.78. The molecule has 2 N–H and O–H groups in total. The fourth-order valence-electron chi connectivity index (χ4n) is 1.50. The summed E-state index contributed by atoms with van der Waals surface area (Å²) in [5.74, 6) is 2.42. The van der Waals surface area contributed by atoms with Crippen molar-refractivity contribution < 1.29 is 9.47 Å². The topological polar surface area (TPSA) is 44.5 Å². The van der Waals surface area contributed by atoms with Crippen molar-refractivity contribution >= 4 is 28.3 Å². The highest BCUT2D eigenvalue weighted by atomic mass is 127. The predicted molar refractivity (Wildman–Crippen MR) is 81.3 cm³/mol. The molecule has 2 aromatic rings. The Kier molecular flexibility index (Phi) is 4.30. The zero-order valence-electron chi connectivity index (χ0n) is 10.0. The Labute approximate surface area is 120 Å². The van der Waals surface area contributed by atoms with Gasteiger partial charge in [-0.1, -0.05) is 0 Å². The van der Waals surface area contributed by atoms with Crippen LogP contribution in [0.1, 0.15) is 6.92 Å². The van der Waals surface area contributed by atoms with Gasteiger partial charge in [-0.25, -0.2) is 0 Å². The Morgan fingerprint density at radius 3 is 2.33 bits per heavy atom. The first-order chi connectivity index (χ1) is 8.69. The lowest BCUT2D eigenvalue weighted by molar-refractivity contribution is 0.339. The minimum atomic E-state index is 0.663. The van der Waals surface area contributed by atoms with Crippen molar-refractivity contribution in [2.75, 3.05) is 12.3 Å². The molecule has 2 aromatic carbocycles. The molecule has 0 spiro atoms. The summed E-state index contributed by atoms with van der Waals surface area (Å²) in [6.45, 7) is 2.62. The van der Waals surface area contributed by atoms with Gasteiger partial charge in [0.1, 0.15) is 17.2 Å². The van der Waals surface area contributed by atoms with Crippen LogP contribution < -0.4 is 15.2 Å². The molecule has 0 fully saturated rings. The average Bonchev–Trinajstić information content (AvgIpc) is 2.35. The molecular weight excluding hydrogens is 341 g/mol. The summed E-state index contributed by atoms with van der Waals surface area (Å²) >= 11 is 2.20. The van der Waals surface area contributed by atoms with E-state index in [1.807, 2.05) is 49.4 Å². The van der Waals surface area contributed by atoms with E-state index in [9.17, 15) is 0 Å².